The number of nitrogens with zero attached hydrogens (tertiary/aromatic N) is 6. The second-order valence-electron chi connectivity index (χ2n) is 7.42. The van der Waals surface area contributed by atoms with Crippen LogP contribution in [0.5, 0.6) is 0 Å². The number of hydrogen-bond acceptors (Lipinski definition) is 14. The first-order valence-electron chi connectivity index (χ1n) is 12.0. The third-order valence-corrected chi connectivity index (χ3v) is 11.7. The van der Waals surface area contributed by atoms with E-state index in [9.17, 15) is 0 Å². The molecular weight excluding hydrogens is 509 g/mol. The van der Waals surface area contributed by atoms with Crippen LogP contribution in [0.25, 0.3) is 0 Å². The van der Waals surface area contributed by atoms with Gasteiger partial charge in [-0.25, -0.2) is 9.98 Å². The zero-order chi connectivity index (χ0) is 24.9. The van der Waals surface area contributed by atoms with Crippen molar-refractivity contribution < 1.29 is 0 Å². The molecule has 0 saturated heterocycles. The average Bonchev–Trinajstić information content (AvgIpc) is 2.86. The Hall–Kier alpha value is -0.800. The lowest BCUT2D eigenvalue weighted by Crippen LogP contribution is -2.55. The van der Waals surface area contributed by atoms with Crippen LogP contribution in [0.1, 0.15) is 54.4 Å². The van der Waals surface area contributed by atoms with Gasteiger partial charge in [0.15, 0.2) is 0 Å². The lowest BCUT2D eigenvalue weighted by molar-refractivity contribution is 0.416. The first-order valence-corrected chi connectivity index (χ1v) is 16.8. The summed E-state index contributed by atoms with van der Waals surface area (Å²) in [5.74, 6) is 1.50. The third kappa shape index (κ3) is 8.40. The maximum absolute atomic E-state index is 4.96. The first-order chi connectivity index (χ1) is 16.5. The number of hydrogen-bond donors (Lipinski definition) is 4. The van der Waals surface area contributed by atoms with Crippen molar-refractivity contribution in [2.45, 2.75) is 64.6 Å². The van der Waals surface area contributed by atoms with Gasteiger partial charge in [-0.15, -0.1) is 0 Å². The number of guanidine groups is 2. The number of nitrogens with one attached hydrogen (secondary N) is 4. The molecule has 0 bridgehead atoms. The van der Waals surface area contributed by atoms with Crippen LogP contribution < -0.4 is 21.3 Å². The van der Waals surface area contributed by atoms with Gasteiger partial charge in [0.05, 0.1) is 12.7 Å². The Balaban J connectivity index is 2.10. The van der Waals surface area contributed by atoms with Gasteiger partial charge in [-0.2, -0.15) is 9.98 Å². The SMILES string of the molecule is CCCNC1(SSSSC2(NCCC)N=C(N(CC)CC)N=CN2)N=C(N(CC)CC)N=CN1. The van der Waals surface area contributed by atoms with E-state index in [1.807, 2.05) is 0 Å². The van der Waals surface area contributed by atoms with Gasteiger partial charge >= 0.3 is 0 Å². The van der Waals surface area contributed by atoms with E-state index in [0.717, 1.165) is 64.0 Å². The van der Waals surface area contributed by atoms with E-state index in [0.29, 0.717) is 0 Å². The zero-order valence-corrected chi connectivity index (χ0v) is 24.4. The molecule has 0 saturated carbocycles. The summed E-state index contributed by atoms with van der Waals surface area (Å²) < 4.78 is 0. The van der Waals surface area contributed by atoms with Crippen molar-refractivity contribution in [1.82, 2.24) is 31.1 Å². The fourth-order valence-corrected chi connectivity index (χ4v) is 9.53. The summed E-state index contributed by atoms with van der Waals surface area (Å²) in [7, 11) is 6.60. The zero-order valence-electron chi connectivity index (χ0n) is 21.1. The minimum Gasteiger partial charge on any atom is -0.342 e. The second-order valence-corrected chi connectivity index (χ2v) is 13.5. The maximum Gasteiger partial charge on any atom is 0.249 e. The summed E-state index contributed by atoms with van der Waals surface area (Å²) in [5.41, 5.74) is 0. The summed E-state index contributed by atoms with van der Waals surface area (Å²) in [6, 6.07) is 0. The molecule has 2 atom stereocenters. The molecule has 0 radical (unpaired) electrons. The predicted molar refractivity (Wildman–Crippen MR) is 156 cm³/mol. The van der Waals surface area contributed by atoms with Crippen LogP contribution in [0.3, 0.4) is 0 Å². The van der Waals surface area contributed by atoms with Crippen LogP contribution in [0, 0.1) is 0 Å². The molecule has 2 rings (SSSR count). The van der Waals surface area contributed by atoms with E-state index >= 15 is 0 Å². The molecule has 14 heteroatoms. The largest absolute Gasteiger partial charge is 0.342 e. The highest BCUT2D eigenvalue weighted by Gasteiger charge is 2.36. The van der Waals surface area contributed by atoms with Gasteiger partial charge in [0, 0.05) is 26.2 Å². The molecule has 0 spiro atoms. The lowest BCUT2D eigenvalue weighted by Gasteiger charge is -2.35. The minimum absolute atomic E-state index is 0.672. The average molecular weight is 549 g/mol. The minimum atomic E-state index is -0.672. The van der Waals surface area contributed by atoms with Crippen LogP contribution in [0.2, 0.25) is 0 Å². The molecule has 4 N–H and O–H groups in total. The predicted octanol–water partition coefficient (Wildman–Crippen LogP) is 3.54. The smallest absolute Gasteiger partial charge is 0.249 e. The summed E-state index contributed by atoms with van der Waals surface area (Å²) in [5, 5.41) is 12.4. The topological polar surface area (TPSA) is 104 Å². The molecule has 0 fully saturated rings. The van der Waals surface area contributed by atoms with Crippen LogP contribution in [0.4, 0.5) is 0 Å². The Morgan fingerprint density at radius 3 is 1.41 bits per heavy atom. The molecular formula is C20H40N10S4. The van der Waals surface area contributed by atoms with Crippen LogP contribution in [-0.2, 0) is 0 Å². The van der Waals surface area contributed by atoms with E-state index in [4.69, 9.17) is 9.98 Å². The summed E-state index contributed by atoms with van der Waals surface area (Å²) in [6.45, 7) is 17.9. The number of rotatable bonds is 15. The molecule has 2 unspecified atom stereocenters. The van der Waals surface area contributed by atoms with E-state index in [1.54, 1.807) is 53.9 Å². The van der Waals surface area contributed by atoms with Crippen molar-refractivity contribution in [2.75, 3.05) is 39.3 Å². The third-order valence-electron chi connectivity index (χ3n) is 5.05. The van der Waals surface area contributed by atoms with Crippen molar-refractivity contribution in [1.29, 1.82) is 0 Å². The van der Waals surface area contributed by atoms with Gasteiger partial charge in [0.2, 0.25) is 22.2 Å². The summed E-state index contributed by atoms with van der Waals surface area (Å²) in [4.78, 5) is 23.2. The van der Waals surface area contributed by atoms with Crippen LogP contribution in [-0.4, -0.2) is 83.9 Å². The first kappa shape index (κ1) is 29.4. The van der Waals surface area contributed by atoms with Gasteiger partial charge in [-0.3, -0.25) is 10.6 Å². The molecule has 194 valence electrons. The van der Waals surface area contributed by atoms with E-state index < -0.39 is 10.2 Å². The van der Waals surface area contributed by atoms with Gasteiger partial charge in [-0.1, -0.05) is 13.8 Å². The fourth-order valence-electron chi connectivity index (χ4n) is 3.12. The standard InChI is InChI=1S/C20H40N10S4/c1-7-13-23-19(25-15-21-17(27-19)29(9-3)10-4)31-33-34-32-20(24-14-8-2)26-16-22-18(28-20)30(11-5)12-6/h15-16,23-24H,7-14H2,1-6H3,(H,21,25,27)(H,22,26,28). The molecule has 34 heavy (non-hydrogen) atoms. The Kier molecular flexibility index (Phi) is 13.3. The lowest BCUT2D eigenvalue weighted by atomic mass is 10.5. The van der Waals surface area contributed by atoms with E-state index in [-0.39, 0.29) is 0 Å². The maximum atomic E-state index is 4.96. The molecule has 0 aliphatic carbocycles. The molecule has 2 heterocycles. The summed E-state index contributed by atoms with van der Waals surface area (Å²) in [6.07, 6.45) is 5.53. The van der Waals surface area contributed by atoms with E-state index in [2.05, 4.69) is 82.6 Å². The monoisotopic (exact) mass is 548 g/mol. The van der Waals surface area contributed by atoms with Gasteiger partial charge < -0.3 is 20.4 Å². The quantitative estimate of drug-likeness (QED) is 0.138. The molecule has 0 aromatic rings. The van der Waals surface area contributed by atoms with Crippen LogP contribution in [0.15, 0.2) is 20.0 Å². The van der Waals surface area contributed by atoms with Crippen molar-refractivity contribution in [3.8, 4) is 0 Å². The Morgan fingerprint density at radius 1 is 0.706 bits per heavy atom. The van der Waals surface area contributed by atoms with Gasteiger partial charge in [-0.05, 0) is 94.9 Å². The van der Waals surface area contributed by atoms with Crippen molar-refractivity contribution in [2.24, 2.45) is 20.0 Å². The van der Waals surface area contributed by atoms with Gasteiger partial charge in [0.1, 0.15) is 0 Å². The molecule has 2 aliphatic heterocycles. The molecule has 0 amide bonds. The highest BCUT2D eigenvalue weighted by atomic mass is 33.7. The summed E-state index contributed by atoms with van der Waals surface area (Å²) >= 11 is 0. The Bertz CT molecular complexity index is 666. The van der Waals surface area contributed by atoms with E-state index in [1.165, 1.54) is 0 Å². The van der Waals surface area contributed by atoms with Crippen molar-refractivity contribution >= 4 is 65.8 Å². The van der Waals surface area contributed by atoms with Crippen molar-refractivity contribution in [3.05, 3.63) is 0 Å². The molecule has 0 aromatic heterocycles. The van der Waals surface area contributed by atoms with Crippen molar-refractivity contribution in [3.63, 3.8) is 0 Å². The highest BCUT2D eigenvalue weighted by molar-refractivity contribution is 9.26. The van der Waals surface area contributed by atoms with Gasteiger partial charge in [0.25, 0.3) is 0 Å². The number of aliphatic imine (C=N–C) groups is 4. The molecule has 2 aliphatic rings. The normalized spacial score (nSPS) is 23.7. The highest BCUT2D eigenvalue weighted by Crippen LogP contribution is 2.51. The molecule has 10 nitrogen and oxygen atoms in total. The Labute approximate surface area is 220 Å². The second kappa shape index (κ2) is 15.3. The Morgan fingerprint density at radius 2 is 1.09 bits per heavy atom. The van der Waals surface area contributed by atoms with Crippen LogP contribution >= 0.6 is 41.2 Å². The fraction of sp³-hybridized carbons (Fsp3) is 0.800. The molecule has 0 aromatic carbocycles.